The van der Waals surface area contributed by atoms with Crippen molar-refractivity contribution in [2.45, 2.75) is 43.7 Å². The molecule has 0 aromatic heterocycles. The van der Waals surface area contributed by atoms with E-state index in [4.69, 9.17) is 14.2 Å². The minimum Gasteiger partial charge on any atom is -0.367 e. The van der Waals surface area contributed by atoms with Crippen LogP contribution in [0.25, 0.3) is 0 Å². The van der Waals surface area contributed by atoms with Crippen molar-refractivity contribution in [2.75, 3.05) is 6.61 Å². The Morgan fingerprint density at radius 1 is 0.917 bits per heavy atom. The molecule has 0 radical (unpaired) electrons. The fourth-order valence-corrected chi connectivity index (χ4v) is 4.04. The van der Waals surface area contributed by atoms with Crippen LogP contribution in [0.1, 0.15) is 11.1 Å². The molecule has 0 saturated carbocycles. The summed E-state index contributed by atoms with van der Waals surface area (Å²) in [7, 11) is 0. The maximum Gasteiger partial charge on any atom is 0.185 e. The number of nitrogens with zero attached hydrogens (tertiary/aromatic N) is 1. The van der Waals surface area contributed by atoms with Crippen LogP contribution in [-0.2, 0) is 27.4 Å². The summed E-state index contributed by atoms with van der Waals surface area (Å²) in [6.07, 6.45) is -0.0429. The Balaban J connectivity index is 1.30. The highest BCUT2D eigenvalue weighted by atomic mass is 16.7. The fraction of sp³-hybridized carbons (Fsp3) is 0.400. The number of benzene rings is 2. The largest absolute Gasteiger partial charge is 0.367 e. The van der Waals surface area contributed by atoms with Crippen molar-refractivity contribution < 1.29 is 14.2 Å². The summed E-state index contributed by atoms with van der Waals surface area (Å²) in [6.45, 7) is 2.23. The van der Waals surface area contributed by atoms with Gasteiger partial charge >= 0.3 is 0 Å². The van der Waals surface area contributed by atoms with Crippen LogP contribution >= 0.6 is 0 Å². The van der Waals surface area contributed by atoms with E-state index in [2.05, 4.69) is 47.4 Å². The highest BCUT2D eigenvalue weighted by molar-refractivity contribution is 5.22. The summed E-state index contributed by atoms with van der Waals surface area (Å²) >= 11 is 0. The molecular formula is C20H21NO3. The monoisotopic (exact) mass is 323 g/mol. The Morgan fingerprint density at radius 3 is 2.38 bits per heavy atom. The number of rotatable bonds is 5. The lowest BCUT2D eigenvalue weighted by Crippen LogP contribution is -2.41. The highest BCUT2D eigenvalue weighted by Crippen LogP contribution is 2.46. The molecule has 2 aromatic rings. The van der Waals surface area contributed by atoms with Gasteiger partial charge in [-0.1, -0.05) is 60.7 Å². The Morgan fingerprint density at radius 2 is 1.62 bits per heavy atom. The van der Waals surface area contributed by atoms with Crippen LogP contribution in [0.4, 0.5) is 0 Å². The topological polar surface area (TPSA) is 30.7 Å². The summed E-state index contributed by atoms with van der Waals surface area (Å²) in [5.74, 6) is 0. The van der Waals surface area contributed by atoms with E-state index in [1.807, 2.05) is 18.2 Å². The van der Waals surface area contributed by atoms with E-state index < -0.39 is 0 Å². The first-order valence-corrected chi connectivity index (χ1v) is 8.62. The first-order chi connectivity index (χ1) is 11.9. The van der Waals surface area contributed by atoms with E-state index >= 15 is 0 Å². The molecular weight excluding hydrogens is 302 g/mol. The van der Waals surface area contributed by atoms with Gasteiger partial charge in [0, 0.05) is 6.54 Å². The molecule has 0 N–H and O–H groups in total. The Kier molecular flexibility index (Phi) is 3.64. The number of fused-ring (bicyclic) bond motifs is 4. The second-order valence-electron chi connectivity index (χ2n) is 6.78. The predicted molar refractivity (Wildman–Crippen MR) is 89.2 cm³/mol. The van der Waals surface area contributed by atoms with Crippen LogP contribution in [-0.4, -0.2) is 42.1 Å². The average molecular weight is 323 g/mol. The minimum atomic E-state index is -0.222. The van der Waals surface area contributed by atoms with Crippen molar-refractivity contribution in [3.63, 3.8) is 0 Å². The molecule has 0 amide bonds. The molecule has 4 heteroatoms. The maximum atomic E-state index is 6.23. The van der Waals surface area contributed by atoms with Crippen molar-refractivity contribution in [1.29, 1.82) is 0 Å². The molecule has 3 aliphatic heterocycles. The van der Waals surface area contributed by atoms with Crippen molar-refractivity contribution in [1.82, 2.24) is 4.90 Å². The third kappa shape index (κ3) is 2.56. The second kappa shape index (κ2) is 5.97. The quantitative estimate of drug-likeness (QED) is 0.792. The molecule has 3 fully saturated rings. The zero-order valence-electron chi connectivity index (χ0n) is 13.5. The molecule has 2 aromatic carbocycles. The molecule has 5 rings (SSSR count). The summed E-state index contributed by atoms with van der Waals surface area (Å²) in [5.41, 5.74) is 2.52. The van der Waals surface area contributed by atoms with Crippen molar-refractivity contribution >= 4 is 0 Å². The molecule has 4 nitrogen and oxygen atoms in total. The molecule has 2 unspecified atom stereocenters. The predicted octanol–water partition coefficient (Wildman–Crippen LogP) is 2.58. The van der Waals surface area contributed by atoms with Gasteiger partial charge in [0.2, 0.25) is 0 Å². The summed E-state index contributed by atoms with van der Waals surface area (Å²) in [6, 6.07) is 21.7. The molecule has 0 spiro atoms. The SMILES string of the molecule is c1ccc(CO[C@H]2[C@@H]3OC[C@@H](O3)C3[C@H]2N3Cc2ccccc2)cc1. The molecule has 2 bridgehead atoms. The maximum absolute atomic E-state index is 6.23. The Hall–Kier alpha value is -1.72. The standard InChI is InChI=1S/C20H21NO3/c1-3-7-14(8-4-1)11-21-17-16-13-23-20(24-16)19(18(17)21)22-12-15-9-5-2-6-10-15/h1-10,16-20H,11-13H2/t16-,17?,18-,19-,20-,21?/m1/s1. The van der Waals surface area contributed by atoms with Gasteiger partial charge in [-0.3, -0.25) is 4.90 Å². The Bertz CT molecular complexity index is 693. The molecule has 6 atom stereocenters. The van der Waals surface area contributed by atoms with Gasteiger partial charge in [-0.2, -0.15) is 0 Å². The summed E-state index contributed by atoms with van der Waals surface area (Å²) in [5, 5.41) is 0. The third-order valence-corrected chi connectivity index (χ3v) is 5.24. The minimum absolute atomic E-state index is 0.0160. The van der Waals surface area contributed by atoms with E-state index in [0.29, 0.717) is 25.3 Å². The number of hydrogen-bond acceptors (Lipinski definition) is 4. The molecule has 3 heterocycles. The van der Waals surface area contributed by atoms with Gasteiger partial charge in [-0.15, -0.1) is 0 Å². The number of hydrogen-bond donors (Lipinski definition) is 0. The molecule has 3 saturated heterocycles. The Labute approximate surface area is 141 Å². The van der Waals surface area contributed by atoms with Crippen molar-refractivity contribution in [3.8, 4) is 0 Å². The first kappa shape index (κ1) is 14.6. The molecule has 124 valence electrons. The van der Waals surface area contributed by atoms with Gasteiger partial charge in [0.05, 0.1) is 25.3 Å². The van der Waals surface area contributed by atoms with Crippen LogP contribution in [0.15, 0.2) is 60.7 Å². The second-order valence-corrected chi connectivity index (χ2v) is 6.78. The van der Waals surface area contributed by atoms with Gasteiger partial charge in [-0.25, -0.2) is 0 Å². The van der Waals surface area contributed by atoms with Gasteiger partial charge in [0.25, 0.3) is 0 Å². The van der Waals surface area contributed by atoms with E-state index in [0.717, 1.165) is 6.54 Å². The smallest absolute Gasteiger partial charge is 0.185 e. The zero-order valence-corrected chi connectivity index (χ0v) is 13.5. The lowest BCUT2D eigenvalue weighted by atomic mass is 10.1. The van der Waals surface area contributed by atoms with Gasteiger partial charge < -0.3 is 14.2 Å². The van der Waals surface area contributed by atoms with E-state index in [9.17, 15) is 0 Å². The van der Waals surface area contributed by atoms with Crippen molar-refractivity contribution in [2.24, 2.45) is 0 Å². The van der Waals surface area contributed by atoms with Crippen LogP contribution in [0, 0.1) is 0 Å². The van der Waals surface area contributed by atoms with Crippen LogP contribution in [0.3, 0.4) is 0 Å². The summed E-state index contributed by atoms with van der Waals surface area (Å²) < 4.78 is 18.1. The lowest BCUT2D eigenvalue weighted by Gasteiger charge is -2.26. The average Bonchev–Trinajstić information content (AvgIpc) is 3.18. The van der Waals surface area contributed by atoms with Gasteiger partial charge in [0.1, 0.15) is 12.2 Å². The molecule has 3 aliphatic rings. The fourth-order valence-electron chi connectivity index (χ4n) is 4.04. The van der Waals surface area contributed by atoms with E-state index in [1.54, 1.807) is 0 Å². The van der Waals surface area contributed by atoms with Crippen molar-refractivity contribution in [3.05, 3.63) is 71.8 Å². The van der Waals surface area contributed by atoms with E-state index in [1.165, 1.54) is 11.1 Å². The normalized spacial score (nSPS) is 36.3. The first-order valence-electron chi connectivity index (χ1n) is 8.62. The summed E-state index contributed by atoms with van der Waals surface area (Å²) in [4.78, 5) is 2.50. The van der Waals surface area contributed by atoms with E-state index in [-0.39, 0.29) is 18.5 Å². The van der Waals surface area contributed by atoms with Gasteiger partial charge in [0.15, 0.2) is 6.29 Å². The van der Waals surface area contributed by atoms with Gasteiger partial charge in [-0.05, 0) is 11.1 Å². The zero-order chi connectivity index (χ0) is 15.9. The third-order valence-electron chi connectivity index (χ3n) is 5.24. The highest BCUT2D eigenvalue weighted by Gasteiger charge is 2.65. The molecule has 0 aliphatic carbocycles. The number of ether oxygens (including phenoxy) is 3. The lowest BCUT2D eigenvalue weighted by molar-refractivity contribution is -0.168. The van der Waals surface area contributed by atoms with Crippen LogP contribution < -0.4 is 0 Å². The molecule has 24 heavy (non-hydrogen) atoms. The van der Waals surface area contributed by atoms with Crippen LogP contribution in [0.5, 0.6) is 0 Å². The van der Waals surface area contributed by atoms with Crippen LogP contribution in [0.2, 0.25) is 0 Å².